The number of hydrogen-bond donors (Lipinski definition) is 1. The molecule has 1 nitrogen and oxygen atoms in total. The van der Waals surface area contributed by atoms with Crippen LogP contribution in [0.15, 0.2) is 40.9 Å². The van der Waals surface area contributed by atoms with Gasteiger partial charge < -0.3 is 5.32 Å². The van der Waals surface area contributed by atoms with Crippen LogP contribution in [-0.4, -0.2) is 7.05 Å². The van der Waals surface area contributed by atoms with Gasteiger partial charge in [-0.3, -0.25) is 0 Å². The number of thiophene rings is 1. The lowest BCUT2D eigenvalue weighted by atomic mass is 10.1. The summed E-state index contributed by atoms with van der Waals surface area (Å²) in [5, 5.41) is 3.36. The minimum absolute atomic E-state index is 0.288. The predicted molar refractivity (Wildman–Crippen MR) is 74.1 cm³/mol. The average molecular weight is 296 g/mol. The number of halogens is 1. The highest BCUT2D eigenvalue weighted by atomic mass is 79.9. The van der Waals surface area contributed by atoms with E-state index < -0.39 is 0 Å². The summed E-state index contributed by atoms with van der Waals surface area (Å²) in [6.45, 7) is 2.13. The lowest BCUT2D eigenvalue weighted by Gasteiger charge is -2.14. The zero-order valence-electron chi connectivity index (χ0n) is 9.33. The van der Waals surface area contributed by atoms with Crippen LogP contribution in [0, 0.1) is 6.92 Å². The first kappa shape index (κ1) is 11.8. The van der Waals surface area contributed by atoms with Crippen molar-refractivity contribution in [2.75, 3.05) is 7.05 Å². The molecular weight excluding hydrogens is 282 g/mol. The lowest BCUT2D eigenvalue weighted by molar-refractivity contribution is 0.704. The molecule has 0 radical (unpaired) electrons. The minimum atomic E-state index is 0.288. The van der Waals surface area contributed by atoms with Crippen LogP contribution in [0.1, 0.15) is 21.4 Å². The quantitative estimate of drug-likeness (QED) is 0.898. The van der Waals surface area contributed by atoms with Gasteiger partial charge in [-0.1, -0.05) is 30.3 Å². The van der Waals surface area contributed by atoms with Gasteiger partial charge in [-0.15, -0.1) is 11.3 Å². The van der Waals surface area contributed by atoms with Crippen LogP contribution in [0.2, 0.25) is 0 Å². The normalized spacial score (nSPS) is 12.7. The molecule has 0 saturated heterocycles. The maximum atomic E-state index is 3.57. The minimum Gasteiger partial charge on any atom is -0.309 e. The molecule has 2 rings (SSSR count). The Morgan fingerprint density at radius 1 is 1.25 bits per heavy atom. The van der Waals surface area contributed by atoms with Crippen molar-refractivity contribution >= 4 is 27.3 Å². The molecule has 0 amide bonds. The van der Waals surface area contributed by atoms with E-state index >= 15 is 0 Å². The van der Waals surface area contributed by atoms with Gasteiger partial charge in [0.05, 0.1) is 6.04 Å². The Morgan fingerprint density at radius 2 is 1.94 bits per heavy atom. The van der Waals surface area contributed by atoms with Crippen molar-refractivity contribution in [3.8, 4) is 0 Å². The highest BCUT2D eigenvalue weighted by molar-refractivity contribution is 9.10. The Labute approximate surface area is 109 Å². The fraction of sp³-hybridized carbons (Fsp3) is 0.231. The molecule has 0 bridgehead atoms. The molecule has 2 aromatic rings. The van der Waals surface area contributed by atoms with Crippen LogP contribution in [0.25, 0.3) is 0 Å². The summed E-state index contributed by atoms with van der Waals surface area (Å²) in [5.41, 5.74) is 1.30. The molecule has 84 valence electrons. The predicted octanol–water partition coefficient (Wildman–Crippen LogP) is 4.13. The first-order valence-corrected chi connectivity index (χ1v) is 6.81. The highest BCUT2D eigenvalue weighted by Gasteiger charge is 2.14. The van der Waals surface area contributed by atoms with Gasteiger partial charge in [-0.25, -0.2) is 0 Å². The Kier molecular flexibility index (Phi) is 3.79. The van der Waals surface area contributed by atoms with Crippen LogP contribution < -0.4 is 5.32 Å². The molecule has 1 atom stereocenters. The van der Waals surface area contributed by atoms with Crippen molar-refractivity contribution in [1.82, 2.24) is 5.32 Å². The van der Waals surface area contributed by atoms with E-state index in [9.17, 15) is 0 Å². The van der Waals surface area contributed by atoms with Gasteiger partial charge in [-0.05, 0) is 41.5 Å². The molecule has 1 aromatic heterocycles. The molecule has 3 heteroatoms. The summed E-state index contributed by atoms with van der Waals surface area (Å²) in [7, 11) is 2.00. The number of hydrogen-bond acceptors (Lipinski definition) is 2. The van der Waals surface area contributed by atoms with Gasteiger partial charge >= 0.3 is 0 Å². The Bertz CT molecular complexity index is 445. The highest BCUT2D eigenvalue weighted by Crippen LogP contribution is 2.33. The molecular formula is C13H14BrNS. The molecule has 0 aliphatic heterocycles. The van der Waals surface area contributed by atoms with E-state index in [4.69, 9.17) is 0 Å². The fourth-order valence-electron chi connectivity index (χ4n) is 1.74. The summed E-state index contributed by atoms with van der Waals surface area (Å²) < 4.78 is 1.20. The molecule has 0 aliphatic rings. The number of rotatable bonds is 3. The maximum absolute atomic E-state index is 3.57. The topological polar surface area (TPSA) is 12.0 Å². The van der Waals surface area contributed by atoms with E-state index in [0.717, 1.165) is 0 Å². The Hall–Kier alpha value is -0.640. The van der Waals surface area contributed by atoms with Crippen LogP contribution in [0.3, 0.4) is 0 Å². The number of benzene rings is 1. The van der Waals surface area contributed by atoms with E-state index in [2.05, 4.69) is 58.5 Å². The van der Waals surface area contributed by atoms with Crippen molar-refractivity contribution in [1.29, 1.82) is 0 Å². The van der Waals surface area contributed by atoms with Gasteiger partial charge in [-0.2, -0.15) is 0 Å². The SMILES string of the molecule is CNC(c1ccccc1)c1cc(Br)c(C)s1. The summed E-state index contributed by atoms with van der Waals surface area (Å²) in [4.78, 5) is 2.67. The van der Waals surface area contributed by atoms with Crippen molar-refractivity contribution in [2.45, 2.75) is 13.0 Å². The smallest absolute Gasteiger partial charge is 0.0669 e. The van der Waals surface area contributed by atoms with Gasteiger partial charge in [0.2, 0.25) is 0 Å². The largest absolute Gasteiger partial charge is 0.309 e. The van der Waals surface area contributed by atoms with Crippen LogP contribution >= 0.6 is 27.3 Å². The van der Waals surface area contributed by atoms with Gasteiger partial charge in [0.15, 0.2) is 0 Å². The second kappa shape index (κ2) is 5.13. The van der Waals surface area contributed by atoms with Gasteiger partial charge in [0.25, 0.3) is 0 Å². The van der Waals surface area contributed by atoms with E-state index in [1.54, 1.807) is 0 Å². The maximum Gasteiger partial charge on any atom is 0.0669 e. The van der Waals surface area contributed by atoms with E-state index in [1.165, 1.54) is 19.8 Å². The van der Waals surface area contributed by atoms with Crippen molar-refractivity contribution in [3.05, 3.63) is 56.2 Å². The first-order chi connectivity index (χ1) is 7.72. The summed E-state index contributed by atoms with van der Waals surface area (Å²) >= 11 is 5.40. The fourth-order valence-corrected chi connectivity index (χ4v) is 3.44. The second-order valence-corrected chi connectivity index (χ2v) is 5.83. The summed E-state index contributed by atoms with van der Waals surface area (Å²) in [5.74, 6) is 0. The molecule has 1 unspecified atom stereocenters. The van der Waals surface area contributed by atoms with Crippen molar-refractivity contribution in [3.63, 3.8) is 0 Å². The summed E-state index contributed by atoms with van der Waals surface area (Å²) in [6.07, 6.45) is 0. The van der Waals surface area contributed by atoms with Crippen molar-refractivity contribution in [2.24, 2.45) is 0 Å². The van der Waals surface area contributed by atoms with Gasteiger partial charge in [0, 0.05) is 14.2 Å². The van der Waals surface area contributed by atoms with Crippen LogP contribution in [0.4, 0.5) is 0 Å². The molecule has 1 N–H and O–H groups in total. The third-order valence-corrected chi connectivity index (χ3v) is 4.78. The van der Waals surface area contributed by atoms with Crippen LogP contribution in [-0.2, 0) is 0 Å². The van der Waals surface area contributed by atoms with E-state index in [0.29, 0.717) is 0 Å². The molecule has 0 aliphatic carbocycles. The van der Waals surface area contributed by atoms with Crippen LogP contribution in [0.5, 0.6) is 0 Å². The molecule has 16 heavy (non-hydrogen) atoms. The number of nitrogens with one attached hydrogen (secondary N) is 1. The van der Waals surface area contributed by atoms with Gasteiger partial charge in [0.1, 0.15) is 0 Å². The van der Waals surface area contributed by atoms with Crippen molar-refractivity contribution < 1.29 is 0 Å². The number of aryl methyl sites for hydroxylation is 1. The van der Waals surface area contributed by atoms with E-state index in [-0.39, 0.29) is 6.04 Å². The molecule has 0 fully saturated rings. The standard InChI is InChI=1S/C13H14BrNS/c1-9-11(14)8-12(16-9)13(15-2)10-6-4-3-5-7-10/h3-8,13,15H,1-2H3. The monoisotopic (exact) mass is 295 g/mol. The molecule has 1 heterocycles. The third kappa shape index (κ3) is 2.37. The Morgan fingerprint density at radius 3 is 2.44 bits per heavy atom. The zero-order valence-corrected chi connectivity index (χ0v) is 11.7. The lowest BCUT2D eigenvalue weighted by Crippen LogP contribution is -2.16. The average Bonchev–Trinajstić information content (AvgIpc) is 2.61. The zero-order chi connectivity index (χ0) is 11.5. The summed E-state index contributed by atoms with van der Waals surface area (Å²) in [6, 6.07) is 13.0. The molecule has 0 saturated carbocycles. The molecule has 1 aromatic carbocycles. The first-order valence-electron chi connectivity index (χ1n) is 5.20. The van der Waals surface area contributed by atoms with E-state index in [1.807, 2.05) is 24.5 Å². The molecule has 0 spiro atoms. The second-order valence-electron chi connectivity index (χ2n) is 3.69. The Balaban J connectivity index is 2.37. The third-order valence-electron chi connectivity index (χ3n) is 2.58.